The van der Waals surface area contributed by atoms with Crippen LogP contribution in [0.5, 0.6) is 0 Å². The smallest absolute Gasteiger partial charge is 0.150 e. The molecule has 80 valence electrons. The fraction of sp³-hybridized carbons (Fsp3) is 0.462. The van der Waals surface area contributed by atoms with Crippen molar-refractivity contribution < 1.29 is 9.90 Å². The monoisotopic (exact) mass is 204 g/mol. The quantitative estimate of drug-likeness (QED) is 0.751. The number of carbonyl (C=O) groups is 1. The highest BCUT2D eigenvalue weighted by atomic mass is 16.3. The number of aliphatic hydroxyl groups is 1. The van der Waals surface area contributed by atoms with E-state index in [4.69, 9.17) is 0 Å². The van der Waals surface area contributed by atoms with E-state index in [0.29, 0.717) is 5.92 Å². The highest BCUT2D eigenvalue weighted by molar-refractivity contribution is 5.77. The standard InChI is InChI=1S/C13H16O2/c1-9-6-7-12(15)13(9)11-5-3-2-4-10(11)8-14/h2-5,8-9,12-13,15H,6-7H2,1H3. The van der Waals surface area contributed by atoms with Gasteiger partial charge in [-0.15, -0.1) is 0 Å². The summed E-state index contributed by atoms with van der Waals surface area (Å²) in [5, 5.41) is 9.92. The van der Waals surface area contributed by atoms with Crippen LogP contribution in [-0.4, -0.2) is 17.5 Å². The molecule has 3 unspecified atom stereocenters. The molecule has 0 heterocycles. The van der Waals surface area contributed by atoms with Crippen molar-refractivity contribution in [1.82, 2.24) is 0 Å². The van der Waals surface area contributed by atoms with Gasteiger partial charge in [-0.3, -0.25) is 4.79 Å². The van der Waals surface area contributed by atoms with Crippen LogP contribution in [0.1, 0.15) is 41.6 Å². The molecule has 1 aromatic carbocycles. The molecule has 2 heteroatoms. The number of hydrogen-bond acceptors (Lipinski definition) is 2. The molecule has 2 nitrogen and oxygen atoms in total. The van der Waals surface area contributed by atoms with Gasteiger partial charge in [0.1, 0.15) is 6.29 Å². The van der Waals surface area contributed by atoms with Crippen LogP contribution in [0, 0.1) is 5.92 Å². The molecule has 1 N–H and O–H groups in total. The van der Waals surface area contributed by atoms with E-state index in [1.165, 1.54) is 0 Å². The Morgan fingerprint density at radius 3 is 2.67 bits per heavy atom. The maximum atomic E-state index is 10.9. The topological polar surface area (TPSA) is 37.3 Å². The molecule has 1 saturated carbocycles. The third-order valence-electron chi connectivity index (χ3n) is 3.43. The lowest BCUT2D eigenvalue weighted by Crippen LogP contribution is -2.17. The van der Waals surface area contributed by atoms with Gasteiger partial charge in [-0.05, 0) is 24.3 Å². The lowest BCUT2D eigenvalue weighted by Gasteiger charge is -2.20. The van der Waals surface area contributed by atoms with Crippen LogP contribution in [0.4, 0.5) is 0 Å². The predicted molar refractivity (Wildman–Crippen MR) is 59.0 cm³/mol. The summed E-state index contributed by atoms with van der Waals surface area (Å²) >= 11 is 0. The molecule has 15 heavy (non-hydrogen) atoms. The molecule has 2 rings (SSSR count). The van der Waals surface area contributed by atoms with Gasteiger partial charge in [0.25, 0.3) is 0 Å². The third-order valence-corrected chi connectivity index (χ3v) is 3.43. The van der Waals surface area contributed by atoms with Crippen molar-refractivity contribution in [2.24, 2.45) is 5.92 Å². The fourth-order valence-electron chi connectivity index (χ4n) is 2.61. The third kappa shape index (κ3) is 1.82. The van der Waals surface area contributed by atoms with Gasteiger partial charge in [-0.25, -0.2) is 0 Å². The molecule has 3 atom stereocenters. The van der Waals surface area contributed by atoms with Gasteiger partial charge in [0.15, 0.2) is 0 Å². The number of hydrogen-bond donors (Lipinski definition) is 1. The van der Waals surface area contributed by atoms with E-state index in [1.807, 2.05) is 24.3 Å². The van der Waals surface area contributed by atoms with Crippen molar-refractivity contribution in [1.29, 1.82) is 0 Å². The molecule has 0 bridgehead atoms. The first kappa shape index (κ1) is 10.4. The summed E-state index contributed by atoms with van der Waals surface area (Å²) in [6.45, 7) is 2.14. The molecule has 0 saturated heterocycles. The van der Waals surface area contributed by atoms with Crippen molar-refractivity contribution in [2.75, 3.05) is 0 Å². The van der Waals surface area contributed by atoms with Crippen molar-refractivity contribution in [3.05, 3.63) is 35.4 Å². The zero-order chi connectivity index (χ0) is 10.8. The maximum absolute atomic E-state index is 10.9. The number of benzene rings is 1. The minimum Gasteiger partial charge on any atom is -0.392 e. The normalized spacial score (nSPS) is 30.4. The average molecular weight is 204 g/mol. The first-order chi connectivity index (χ1) is 7.24. The van der Waals surface area contributed by atoms with E-state index >= 15 is 0 Å². The SMILES string of the molecule is CC1CCC(O)C1c1ccccc1C=O. The number of rotatable bonds is 2. The molecule has 0 aromatic heterocycles. The van der Waals surface area contributed by atoms with E-state index in [1.54, 1.807) is 0 Å². The minimum absolute atomic E-state index is 0.131. The van der Waals surface area contributed by atoms with E-state index in [0.717, 1.165) is 30.3 Å². The molecule has 0 aliphatic heterocycles. The van der Waals surface area contributed by atoms with Crippen LogP contribution in [0.15, 0.2) is 24.3 Å². The van der Waals surface area contributed by atoms with Crippen molar-refractivity contribution in [3.63, 3.8) is 0 Å². The Bertz CT molecular complexity index is 349. The Balaban J connectivity index is 2.39. The molecular formula is C13H16O2. The Morgan fingerprint density at radius 1 is 1.33 bits per heavy atom. The molecule has 1 aliphatic carbocycles. The number of carbonyl (C=O) groups excluding carboxylic acids is 1. The van der Waals surface area contributed by atoms with Crippen molar-refractivity contribution in [2.45, 2.75) is 31.8 Å². The second kappa shape index (κ2) is 4.15. The van der Waals surface area contributed by atoms with Gasteiger partial charge in [0.05, 0.1) is 6.10 Å². The fourth-order valence-corrected chi connectivity index (χ4v) is 2.61. The van der Waals surface area contributed by atoms with Gasteiger partial charge in [-0.1, -0.05) is 31.2 Å². The molecule has 0 spiro atoms. The summed E-state index contributed by atoms with van der Waals surface area (Å²) in [7, 11) is 0. The molecule has 0 amide bonds. The molecule has 1 aliphatic rings. The molecule has 1 fully saturated rings. The van der Waals surface area contributed by atoms with Crippen LogP contribution in [0.2, 0.25) is 0 Å². The largest absolute Gasteiger partial charge is 0.392 e. The summed E-state index contributed by atoms with van der Waals surface area (Å²) in [6, 6.07) is 7.57. The Labute approximate surface area is 89.9 Å². The Kier molecular flexibility index (Phi) is 2.87. The van der Waals surface area contributed by atoms with E-state index in [-0.39, 0.29) is 12.0 Å². The van der Waals surface area contributed by atoms with E-state index in [9.17, 15) is 9.90 Å². The summed E-state index contributed by atoms with van der Waals surface area (Å²) in [4.78, 5) is 10.9. The van der Waals surface area contributed by atoms with Crippen molar-refractivity contribution >= 4 is 6.29 Å². The summed E-state index contributed by atoms with van der Waals surface area (Å²) < 4.78 is 0. The van der Waals surface area contributed by atoms with Gasteiger partial charge in [0, 0.05) is 11.5 Å². The predicted octanol–water partition coefficient (Wildman–Crippen LogP) is 2.37. The average Bonchev–Trinajstić information content (AvgIpc) is 2.59. The summed E-state index contributed by atoms with van der Waals surface area (Å²) in [5.74, 6) is 0.590. The van der Waals surface area contributed by atoms with E-state index in [2.05, 4.69) is 6.92 Å². The lowest BCUT2D eigenvalue weighted by molar-refractivity contribution is 0.111. The summed E-state index contributed by atoms with van der Waals surface area (Å²) in [6.07, 6.45) is 2.48. The second-order valence-electron chi connectivity index (χ2n) is 4.39. The maximum Gasteiger partial charge on any atom is 0.150 e. The van der Waals surface area contributed by atoms with Gasteiger partial charge >= 0.3 is 0 Å². The first-order valence-electron chi connectivity index (χ1n) is 5.46. The van der Waals surface area contributed by atoms with Crippen LogP contribution in [-0.2, 0) is 0 Å². The van der Waals surface area contributed by atoms with Crippen LogP contribution in [0.3, 0.4) is 0 Å². The highest BCUT2D eigenvalue weighted by Crippen LogP contribution is 2.40. The molecular weight excluding hydrogens is 188 g/mol. The lowest BCUT2D eigenvalue weighted by atomic mass is 9.86. The molecule has 1 aromatic rings. The highest BCUT2D eigenvalue weighted by Gasteiger charge is 2.34. The van der Waals surface area contributed by atoms with Gasteiger partial charge < -0.3 is 5.11 Å². The zero-order valence-electron chi connectivity index (χ0n) is 8.89. The van der Waals surface area contributed by atoms with Crippen LogP contribution >= 0.6 is 0 Å². The second-order valence-corrected chi connectivity index (χ2v) is 4.39. The van der Waals surface area contributed by atoms with Gasteiger partial charge in [-0.2, -0.15) is 0 Å². The van der Waals surface area contributed by atoms with Gasteiger partial charge in [0.2, 0.25) is 0 Å². The zero-order valence-corrected chi connectivity index (χ0v) is 8.89. The minimum atomic E-state index is -0.291. The van der Waals surface area contributed by atoms with Crippen molar-refractivity contribution in [3.8, 4) is 0 Å². The Hall–Kier alpha value is -1.15. The number of aldehydes is 1. The van der Waals surface area contributed by atoms with E-state index < -0.39 is 0 Å². The van der Waals surface area contributed by atoms with Crippen LogP contribution in [0.25, 0.3) is 0 Å². The molecule has 0 radical (unpaired) electrons. The first-order valence-corrected chi connectivity index (χ1v) is 5.46. The van der Waals surface area contributed by atoms with Crippen LogP contribution < -0.4 is 0 Å². The Morgan fingerprint density at radius 2 is 2.07 bits per heavy atom. The number of aliphatic hydroxyl groups excluding tert-OH is 1. The summed E-state index contributed by atoms with van der Waals surface area (Å²) in [5.41, 5.74) is 1.72.